The number of hydrogen-bond donors (Lipinski definition) is 1. The van der Waals surface area contributed by atoms with E-state index in [1.54, 1.807) is 0 Å². The number of nitrogens with one attached hydrogen (secondary N) is 1. The van der Waals surface area contributed by atoms with E-state index in [4.69, 9.17) is 0 Å². The van der Waals surface area contributed by atoms with Crippen molar-refractivity contribution in [1.82, 2.24) is 4.98 Å². The highest BCUT2D eigenvalue weighted by Gasteiger charge is 2.09. The minimum atomic E-state index is 0.274. The van der Waals surface area contributed by atoms with Crippen molar-refractivity contribution >= 4 is 11.5 Å². The van der Waals surface area contributed by atoms with E-state index in [1.807, 2.05) is 26.4 Å². The first kappa shape index (κ1) is 11.8. The first-order valence-electron chi connectivity index (χ1n) is 5.26. The Morgan fingerprint density at radius 3 is 2.53 bits per heavy atom. The van der Waals surface area contributed by atoms with E-state index in [0.717, 1.165) is 12.4 Å². The lowest BCUT2D eigenvalue weighted by atomic mass is 9.97. The smallest absolute Gasteiger partial charge is 0.127 e. The molecule has 1 heterocycles. The van der Waals surface area contributed by atoms with Gasteiger partial charge in [-0.2, -0.15) is 0 Å². The van der Waals surface area contributed by atoms with E-state index >= 15 is 0 Å². The molecule has 1 aromatic rings. The third kappa shape index (κ3) is 4.19. The van der Waals surface area contributed by atoms with Gasteiger partial charge in [0.2, 0.25) is 0 Å². The molecule has 0 amide bonds. The van der Waals surface area contributed by atoms with Gasteiger partial charge < -0.3 is 10.2 Å². The summed E-state index contributed by atoms with van der Waals surface area (Å²) in [7, 11) is 4.06. The summed E-state index contributed by atoms with van der Waals surface area (Å²) in [6, 6.07) is 4.06. The van der Waals surface area contributed by atoms with Crippen LogP contribution in [0, 0.1) is 5.41 Å². The van der Waals surface area contributed by atoms with E-state index in [2.05, 4.69) is 42.0 Å². The number of pyridine rings is 1. The predicted octanol–water partition coefficient (Wildman–Crippen LogP) is 2.61. The van der Waals surface area contributed by atoms with E-state index in [0.29, 0.717) is 0 Å². The molecule has 15 heavy (non-hydrogen) atoms. The van der Waals surface area contributed by atoms with Gasteiger partial charge in [-0.25, -0.2) is 4.98 Å². The molecule has 0 bridgehead atoms. The number of nitrogens with zero attached hydrogens (tertiary/aromatic N) is 2. The second-order valence-corrected chi connectivity index (χ2v) is 5.21. The summed E-state index contributed by atoms with van der Waals surface area (Å²) in [5.74, 6) is 0.941. The van der Waals surface area contributed by atoms with Crippen molar-refractivity contribution < 1.29 is 0 Å². The second kappa shape index (κ2) is 4.51. The number of aromatic nitrogens is 1. The molecule has 0 saturated heterocycles. The van der Waals surface area contributed by atoms with Gasteiger partial charge in [-0.05, 0) is 11.5 Å². The monoisotopic (exact) mass is 207 g/mol. The van der Waals surface area contributed by atoms with Gasteiger partial charge in [-0.1, -0.05) is 20.8 Å². The second-order valence-electron chi connectivity index (χ2n) is 5.21. The molecule has 0 aliphatic rings. The molecule has 84 valence electrons. The zero-order valence-corrected chi connectivity index (χ0v) is 10.3. The molecule has 0 unspecified atom stereocenters. The summed E-state index contributed by atoms with van der Waals surface area (Å²) >= 11 is 0. The van der Waals surface area contributed by atoms with Gasteiger partial charge >= 0.3 is 0 Å². The first-order chi connectivity index (χ1) is 6.88. The van der Waals surface area contributed by atoms with Gasteiger partial charge in [0, 0.05) is 38.6 Å². The van der Waals surface area contributed by atoms with Crippen molar-refractivity contribution in [3.8, 4) is 0 Å². The summed E-state index contributed by atoms with van der Waals surface area (Å²) in [5, 5.41) is 3.34. The Kier molecular flexibility index (Phi) is 3.56. The zero-order chi connectivity index (χ0) is 11.5. The van der Waals surface area contributed by atoms with Gasteiger partial charge in [0.05, 0.1) is 0 Å². The van der Waals surface area contributed by atoms with E-state index in [1.165, 1.54) is 5.69 Å². The molecule has 0 spiro atoms. The van der Waals surface area contributed by atoms with Gasteiger partial charge in [0.1, 0.15) is 5.82 Å². The summed E-state index contributed by atoms with van der Waals surface area (Å²) in [4.78, 5) is 6.36. The van der Waals surface area contributed by atoms with Gasteiger partial charge in [0.25, 0.3) is 0 Å². The van der Waals surface area contributed by atoms with Crippen LogP contribution in [0.2, 0.25) is 0 Å². The average Bonchev–Trinajstić information content (AvgIpc) is 2.14. The van der Waals surface area contributed by atoms with E-state index in [-0.39, 0.29) is 5.41 Å². The van der Waals surface area contributed by atoms with Crippen LogP contribution in [0.1, 0.15) is 20.8 Å². The summed E-state index contributed by atoms with van der Waals surface area (Å²) in [5.41, 5.74) is 1.44. The lowest BCUT2D eigenvalue weighted by Gasteiger charge is -2.20. The molecule has 0 radical (unpaired) electrons. The van der Waals surface area contributed by atoms with Crippen LogP contribution < -0.4 is 10.2 Å². The molecule has 1 aromatic heterocycles. The Hall–Kier alpha value is -1.25. The third-order valence-corrected chi connectivity index (χ3v) is 2.06. The maximum absolute atomic E-state index is 4.29. The molecule has 0 aliphatic heterocycles. The Morgan fingerprint density at radius 2 is 2.00 bits per heavy atom. The predicted molar refractivity (Wildman–Crippen MR) is 66.5 cm³/mol. The van der Waals surface area contributed by atoms with E-state index < -0.39 is 0 Å². The summed E-state index contributed by atoms with van der Waals surface area (Å²) in [6.45, 7) is 7.54. The molecular formula is C12H21N3. The normalized spacial score (nSPS) is 11.3. The maximum Gasteiger partial charge on any atom is 0.127 e. The summed E-state index contributed by atoms with van der Waals surface area (Å²) in [6.07, 6.45) is 1.83. The van der Waals surface area contributed by atoms with Crippen LogP contribution in [0.25, 0.3) is 0 Å². The Balaban J connectivity index is 2.66. The van der Waals surface area contributed by atoms with Crippen molar-refractivity contribution in [3.05, 3.63) is 18.3 Å². The average molecular weight is 207 g/mol. The number of anilines is 2. The van der Waals surface area contributed by atoms with Crippen molar-refractivity contribution in [2.24, 2.45) is 5.41 Å². The standard InChI is InChI=1S/C12H21N3/c1-12(2,3)9-14-11-8-10(15(4)5)6-7-13-11/h6-8H,9H2,1-5H3,(H,13,14). The lowest BCUT2D eigenvalue weighted by molar-refractivity contribution is 0.442. The Labute approximate surface area is 92.5 Å². The number of rotatable bonds is 3. The van der Waals surface area contributed by atoms with Crippen LogP contribution in [-0.4, -0.2) is 25.6 Å². The van der Waals surface area contributed by atoms with Crippen LogP contribution >= 0.6 is 0 Å². The number of hydrogen-bond acceptors (Lipinski definition) is 3. The molecule has 1 rings (SSSR count). The molecule has 3 heteroatoms. The van der Waals surface area contributed by atoms with Gasteiger partial charge in [-0.15, -0.1) is 0 Å². The minimum Gasteiger partial charge on any atom is -0.378 e. The molecule has 0 aliphatic carbocycles. The fourth-order valence-electron chi connectivity index (χ4n) is 1.15. The summed E-state index contributed by atoms with van der Waals surface area (Å²) < 4.78 is 0. The zero-order valence-electron chi connectivity index (χ0n) is 10.3. The highest BCUT2D eigenvalue weighted by Crippen LogP contribution is 2.17. The van der Waals surface area contributed by atoms with Crippen LogP contribution in [0.4, 0.5) is 11.5 Å². The fourth-order valence-corrected chi connectivity index (χ4v) is 1.15. The van der Waals surface area contributed by atoms with Gasteiger partial charge in [-0.3, -0.25) is 0 Å². The van der Waals surface area contributed by atoms with Crippen molar-refractivity contribution in [3.63, 3.8) is 0 Å². The molecule has 0 aromatic carbocycles. The van der Waals surface area contributed by atoms with Crippen LogP contribution in [0.3, 0.4) is 0 Å². The first-order valence-corrected chi connectivity index (χ1v) is 5.26. The Bertz CT molecular complexity index is 313. The minimum absolute atomic E-state index is 0.274. The van der Waals surface area contributed by atoms with Crippen molar-refractivity contribution in [2.75, 3.05) is 30.9 Å². The van der Waals surface area contributed by atoms with Gasteiger partial charge in [0.15, 0.2) is 0 Å². The highest BCUT2D eigenvalue weighted by molar-refractivity contribution is 5.52. The maximum atomic E-state index is 4.29. The van der Waals surface area contributed by atoms with Crippen molar-refractivity contribution in [2.45, 2.75) is 20.8 Å². The molecule has 0 atom stereocenters. The molecule has 0 saturated carbocycles. The largest absolute Gasteiger partial charge is 0.378 e. The molecule has 3 nitrogen and oxygen atoms in total. The molecule has 1 N–H and O–H groups in total. The molecule has 0 fully saturated rings. The van der Waals surface area contributed by atoms with Crippen LogP contribution in [0.5, 0.6) is 0 Å². The SMILES string of the molecule is CN(C)c1ccnc(NCC(C)(C)C)c1. The van der Waals surface area contributed by atoms with Crippen LogP contribution in [-0.2, 0) is 0 Å². The van der Waals surface area contributed by atoms with Crippen LogP contribution in [0.15, 0.2) is 18.3 Å². The topological polar surface area (TPSA) is 28.2 Å². The van der Waals surface area contributed by atoms with E-state index in [9.17, 15) is 0 Å². The quantitative estimate of drug-likeness (QED) is 0.825. The Morgan fingerprint density at radius 1 is 1.33 bits per heavy atom. The lowest BCUT2D eigenvalue weighted by Crippen LogP contribution is -2.19. The van der Waals surface area contributed by atoms with Crippen molar-refractivity contribution in [1.29, 1.82) is 0 Å². The highest BCUT2D eigenvalue weighted by atomic mass is 15.1. The third-order valence-electron chi connectivity index (χ3n) is 2.06. The molecular weight excluding hydrogens is 186 g/mol. The fraction of sp³-hybridized carbons (Fsp3) is 0.583.